The van der Waals surface area contributed by atoms with E-state index in [4.69, 9.17) is 5.73 Å². The van der Waals surface area contributed by atoms with E-state index in [1.165, 1.54) is 5.75 Å². The quantitative estimate of drug-likeness (QED) is 0.707. The summed E-state index contributed by atoms with van der Waals surface area (Å²) in [4.78, 5) is 4.13. The lowest BCUT2D eigenvalue weighted by molar-refractivity contribution is 0.982. The Kier molecular flexibility index (Phi) is 4.46. The van der Waals surface area contributed by atoms with Crippen LogP contribution in [0.2, 0.25) is 0 Å². The van der Waals surface area contributed by atoms with Gasteiger partial charge in [0.05, 0.1) is 11.9 Å². The van der Waals surface area contributed by atoms with Crippen molar-refractivity contribution in [3.8, 4) is 0 Å². The highest BCUT2D eigenvalue weighted by molar-refractivity contribution is 7.98. The van der Waals surface area contributed by atoms with Crippen molar-refractivity contribution >= 4 is 23.3 Å². The first-order chi connectivity index (χ1) is 6.33. The number of rotatable bonds is 5. The first-order valence-electron chi connectivity index (χ1n) is 4.27. The molecule has 3 nitrogen and oxygen atoms in total. The minimum atomic E-state index is 0.703. The van der Waals surface area contributed by atoms with E-state index in [2.05, 4.69) is 16.6 Å². The molecule has 1 aromatic rings. The molecule has 4 heteroatoms. The summed E-state index contributed by atoms with van der Waals surface area (Å²) in [6.07, 6.45) is 4.94. The van der Waals surface area contributed by atoms with Gasteiger partial charge in [-0.3, -0.25) is 0 Å². The number of thioether (sulfide) groups is 1. The lowest BCUT2D eigenvalue weighted by Gasteiger charge is -2.04. The van der Waals surface area contributed by atoms with Gasteiger partial charge in [0, 0.05) is 6.54 Å². The maximum atomic E-state index is 5.51. The van der Waals surface area contributed by atoms with Crippen molar-refractivity contribution in [3.05, 3.63) is 18.3 Å². The second-order valence-electron chi connectivity index (χ2n) is 2.75. The molecular weight excluding hydrogens is 182 g/mol. The van der Waals surface area contributed by atoms with Crippen LogP contribution >= 0.6 is 11.8 Å². The summed E-state index contributed by atoms with van der Waals surface area (Å²) in [5.41, 5.74) is 6.21. The zero-order valence-electron chi connectivity index (χ0n) is 7.79. The van der Waals surface area contributed by atoms with Gasteiger partial charge in [-0.05, 0) is 30.6 Å². The highest BCUT2D eigenvalue weighted by Crippen LogP contribution is 2.05. The minimum Gasteiger partial charge on any atom is -0.397 e. The maximum absolute atomic E-state index is 5.51. The SMILES string of the molecule is CSCCCNc1ccc(N)cn1. The average Bonchev–Trinajstić information content (AvgIpc) is 2.15. The molecule has 0 radical (unpaired) electrons. The smallest absolute Gasteiger partial charge is 0.126 e. The summed E-state index contributed by atoms with van der Waals surface area (Å²) in [6.45, 7) is 0.970. The Balaban J connectivity index is 2.25. The number of hydrogen-bond donors (Lipinski definition) is 2. The van der Waals surface area contributed by atoms with Gasteiger partial charge >= 0.3 is 0 Å². The molecular formula is C9H15N3S. The van der Waals surface area contributed by atoms with Gasteiger partial charge in [0.15, 0.2) is 0 Å². The van der Waals surface area contributed by atoms with E-state index in [0.29, 0.717) is 5.69 Å². The van der Waals surface area contributed by atoms with Crippen LogP contribution in [0.15, 0.2) is 18.3 Å². The first-order valence-corrected chi connectivity index (χ1v) is 5.66. The maximum Gasteiger partial charge on any atom is 0.126 e. The topological polar surface area (TPSA) is 50.9 Å². The molecule has 0 spiro atoms. The summed E-state index contributed by atoms with van der Waals surface area (Å²) in [7, 11) is 0. The highest BCUT2D eigenvalue weighted by atomic mass is 32.2. The number of anilines is 2. The predicted octanol–water partition coefficient (Wildman–Crippen LogP) is 1.83. The summed E-state index contributed by atoms with van der Waals surface area (Å²) >= 11 is 1.86. The second-order valence-corrected chi connectivity index (χ2v) is 3.74. The van der Waals surface area contributed by atoms with E-state index in [9.17, 15) is 0 Å². The van der Waals surface area contributed by atoms with Crippen LogP contribution < -0.4 is 11.1 Å². The number of nitrogen functional groups attached to an aromatic ring is 1. The van der Waals surface area contributed by atoms with Crippen molar-refractivity contribution in [2.75, 3.05) is 29.6 Å². The molecule has 0 aromatic carbocycles. The Labute approximate surface area is 83.1 Å². The van der Waals surface area contributed by atoms with Crippen molar-refractivity contribution in [2.45, 2.75) is 6.42 Å². The minimum absolute atomic E-state index is 0.703. The molecule has 0 saturated heterocycles. The highest BCUT2D eigenvalue weighted by Gasteiger charge is 1.91. The van der Waals surface area contributed by atoms with E-state index in [-0.39, 0.29) is 0 Å². The number of nitrogens with two attached hydrogens (primary N) is 1. The Hall–Kier alpha value is -0.900. The van der Waals surface area contributed by atoms with Gasteiger partial charge in [-0.15, -0.1) is 0 Å². The number of hydrogen-bond acceptors (Lipinski definition) is 4. The summed E-state index contributed by atoms with van der Waals surface area (Å²) in [5.74, 6) is 2.08. The third kappa shape index (κ3) is 4.03. The third-order valence-electron chi connectivity index (χ3n) is 1.62. The van der Waals surface area contributed by atoms with Crippen LogP contribution in [-0.4, -0.2) is 23.5 Å². The molecule has 0 amide bonds. The molecule has 1 aromatic heterocycles. The van der Waals surface area contributed by atoms with Crippen LogP contribution in [0.4, 0.5) is 11.5 Å². The average molecular weight is 197 g/mol. The molecule has 72 valence electrons. The van der Waals surface area contributed by atoms with Crippen molar-refractivity contribution < 1.29 is 0 Å². The van der Waals surface area contributed by atoms with Gasteiger partial charge in [-0.1, -0.05) is 0 Å². The lowest BCUT2D eigenvalue weighted by atomic mass is 10.4. The molecule has 1 heterocycles. The Morgan fingerprint density at radius 1 is 1.54 bits per heavy atom. The summed E-state index contributed by atoms with van der Waals surface area (Å²) in [6, 6.07) is 3.75. The number of nitrogens with zero attached hydrogens (tertiary/aromatic N) is 1. The molecule has 0 aliphatic rings. The second kappa shape index (κ2) is 5.70. The molecule has 0 aliphatic heterocycles. The van der Waals surface area contributed by atoms with Gasteiger partial charge in [0.25, 0.3) is 0 Å². The van der Waals surface area contributed by atoms with E-state index in [1.807, 2.05) is 23.9 Å². The van der Waals surface area contributed by atoms with Crippen molar-refractivity contribution in [1.29, 1.82) is 0 Å². The molecule has 0 saturated carbocycles. The lowest BCUT2D eigenvalue weighted by Crippen LogP contribution is -2.04. The normalized spacial score (nSPS) is 9.92. The van der Waals surface area contributed by atoms with Gasteiger partial charge in [0.2, 0.25) is 0 Å². The van der Waals surface area contributed by atoms with Crippen molar-refractivity contribution in [2.24, 2.45) is 0 Å². The fraction of sp³-hybridized carbons (Fsp3) is 0.444. The fourth-order valence-electron chi connectivity index (χ4n) is 0.943. The Bertz CT molecular complexity index is 235. The number of pyridine rings is 1. The number of aromatic nitrogens is 1. The van der Waals surface area contributed by atoms with E-state index < -0.39 is 0 Å². The molecule has 3 N–H and O–H groups in total. The molecule has 0 atom stereocenters. The van der Waals surface area contributed by atoms with Crippen molar-refractivity contribution in [3.63, 3.8) is 0 Å². The molecule has 0 aliphatic carbocycles. The van der Waals surface area contributed by atoms with Crippen LogP contribution in [0.1, 0.15) is 6.42 Å². The zero-order valence-corrected chi connectivity index (χ0v) is 8.60. The van der Waals surface area contributed by atoms with Crippen LogP contribution in [0.3, 0.4) is 0 Å². The van der Waals surface area contributed by atoms with Crippen LogP contribution in [0.5, 0.6) is 0 Å². The van der Waals surface area contributed by atoms with Gasteiger partial charge in [-0.25, -0.2) is 4.98 Å². The third-order valence-corrected chi connectivity index (χ3v) is 2.31. The van der Waals surface area contributed by atoms with Crippen molar-refractivity contribution in [1.82, 2.24) is 4.98 Å². The molecule has 0 bridgehead atoms. The van der Waals surface area contributed by atoms with Gasteiger partial charge < -0.3 is 11.1 Å². The predicted molar refractivity (Wildman–Crippen MR) is 60.1 cm³/mol. The zero-order chi connectivity index (χ0) is 9.52. The molecule has 1 rings (SSSR count). The molecule has 0 fully saturated rings. The van der Waals surface area contributed by atoms with Gasteiger partial charge in [0.1, 0.15) is 5.82 Å². The Morgan fingerprint density at radius 2 is 2.38 bits per heavy atom. The Morgan fingerprint density at radius 3 is 3.00 bits per heavy atom. The van der Waals surface area contributed by atoms with E-state index in [0.717, 1.165) is 18.8 Å². The largest absolute Gasteiger partial charge is 0.397 e. The number of nitrogens with one attached hydrogen (secondary N) is 1. The van der Waals surface area contributed by atoms with Crippen LogP contribution in [0.25, 0.3) is 0 Å². The molecule has 13 heavy (non-hydrogen) atoms. The summed E-state index contributed by atoms with van der Waals surface area (Å²) in [5, 5.41) is 3.23. The monoisotopic (exact) mass is 197 g/mol. The van der Waals surface area contributed by atoms with Gasteiger partial charge in [-0.2, -0.15) is 11.8 Å². The van der Waals surface area contributed by atoms with E-state index >= 15 is 0 Å². The van der Waals surface area contributed by atoms with Crippen LogP contribution in [-0.2, 0) is 0 Å². The fourth-order valence-corrected chi connectivity index (χ4v) is 1.38. The van der Waals surface area contributed by atoms with E-state index in [1.54, 1.807) is 6.20 Å². The first kappa shape index (κ1) is 10.2. The summed E-state index contributed by atoms with van der Waals surface area (Å²) < 4.78 is 0. The van der Waals surface area contributed by atoms with Crippen LogP contribution in [0, 0.1) is 0 Å². The molecule has 0 unspecified atom stereocenters. The standard InChI is InChI=1S/C9H15N3S/c1-13-6-2-5-11-9-4-3-8(10)7-12-9/h3-4,7H,2,5-6,10H2,1H3,(H,11,12).